The number of ether oxygens (including phenoxy) is 1. The first-order chi connectivity index (χ1) is 11.5. The van der Waals surface area contributed by atoms with E-state index in [9.17, 15) is 17.2 Å². The minimum absolute atomic E-state index is 0. The number of sulfonamides is 1. The normalized spacial score (nSPS) is 16.3. The monoisotopic (exact) mass is 398 g/mol. The third-order valence-electron chi connectivity index (χ3n) is 4.06. The van der Waals surface area contributed by atoms with Crippen molar-refractivity contribution in [2.75, 3.05) is 13.1 Å². The predicted molar refractivity (Wildman–Crippen MR) is 95.0 cm³/mol. The lowest BCUT2D eigenvalue weighted by molar-refractivity contribution is -0.0517. The highest BCUT2D eigenvalue weighted by Gasteiger charge is 2.21. The molecule has 0 unspecified atom stereocenters. The highest BCUT2D eigenvalue weighted by Crippen LogP contribution is 2.24. The predicted octanol–water partition coefficient (Wildman–Crippen LogP) is 3.30. The first-order valence-corrected chi connectivity index (χ1v) is 9.74. The van der Waals surface area contributed by atoms with Gasteiger partial charge >= 0.3 is 6.61 Å². The second-order valence-corrected chi connectivity index (χ2v) is 7.60. The van der Waals surface area contributed by atoms with E-state index in [1.54, 1.807) is 0 Å². The van der Waals surface area contributed by atoms with E-state index in [0.29, 0.717) is 12.6 Å². The van der Waals surface area contributed by atoms with Crippen molar-refractivity contribution in [3.8, 4) is 5.75 Å². The maximum Gasteiger partial charge on any atom is 0.387 e. The minimum Gasteiger partial charge on any atom is -0.433 e. The topological polar surface area (TPSA) is 67.4 Å². The summed E-state index contributed by atoms with van der Waals surface area (Å²) in [4.78, 5) is -0.278. The Morgan fingerprint density at radius 1 is 1.08 bits per heavy atom. The average molecular weight is 399 g/mol. The van der Waals surface area contributed by atoms with Gasteiger partial charge in [0, 0.05) is 19.1 Å². The smallest absolute Gasteiger partial charge is 0.387 e. The summed E-state index contributed by atoms with van der Waals surface area (Å²) < 4.78 is 56.0. The summed E-state index contributed by atoms with van der Waals surface area (Å²) in [6.07, 6.45) is 7.12. The molecule has 2 rings (SSSR count). The van der Waals surface area contributed by atoms with Crippen LogP contribution in [0.5, 0.6) is 5.75 Å². The highest BCUT2D eigenvalue weighted by molar-refractivity contribution is 7.89. The number of halogens is 3. The number of rotatable bonds is 8. The van der Waals surface area contributed by atoms with Crippen molar-refractivity contribution >= 4 is 22.4 Å². The van der Waals surface area contributed by atoms with E-state index in [1.807, 2.05) is 0 Å². The van der Waals surface area contributed by atoms with Gasteiger partial charge in [-0.2, -0.15) is 8.78 Å². The molecule has 9 heteroatoms. The summed E-state index contributed by atoms with van der Waals surface area (Å²) >= 11 is 0. The molecule has 144 valence electrons. The van der Waals surface area contributed by atoms with E-state index in [-0.39, 0.29) is 29.6 Å². The lowest BCUT2D eigenvalue weighted by Crippen LogP contribution is -2.37. The Bertz CT molecular complexity index is 609. The number of alkyl halides is 2. The lowest BCUT2D eigenvalue weighted by Gasteiger charge is -2.17. The van der Waals surface area contributed by atoms with Gasteiger partial charge in [0.25, 0.3) is 0 Å². The molecule has 1 aromatic rings. The van der Waals surface area contributed by atoms with Crippen LogP contribution in [0.15, 0.2) is 29.2 Å². The fourth-order valence-electron chi connectivity index (χ4n) is 2.89. The third kappa shape index (κ3) is 7.43. The summed E-state index contributed by atoms with van der Waals surface area (Å²) in [5.41, 5.74) is 0. The van der Waals surface area contributed by atoms with Gasteiger partial charge < -0.3 is 10.1 Å². The van der Waals surface area contributed by atoms with Gasteiger partial charge in [-0.25, -0.2) is 13.1 Å². The molecule has 0 bridgehead atoms. The average Bonchev–Trinajstić information content (AvgIpc) is 2.80. The van der Waals surface area contributed by atoms with E-state index in [1.165, 1.54) is 49.9 Å². The molecule has 1 aliphatic carbocycles. The molecule has 0 atom stereocenters. The number of hydrogen-bond donors (Lipinski definition) is 2. The van der Waals surface area contributed by atoms with Gasteiger partial charge in [-0.15, -0.1) is 12.4 Å². The van der Waals surface area contributed by atoms with Crippen LogP contribution >= 0.6 is 12.4 Å². The van der Waals surface area contributed by atoms with Crippen molar-refractivity contribution in [3.05, 3.63) is 24.3 Å². The lowest BCUT2D eigenvalue weighted by atomic mass is 10.1. The van der Waals surface area contributed by atoms with Crippen LogP contribution in [-0.4, -0.2) is 34.2 Å². The standard InChI is InChI=1S/C16H24F2N2O3S.ClH/c17-16(18)23-14-9-5-6-10-15(14)24(21,22)20-12-11-19-13-7-3-1-2-4-8-13;/h5-6,9-10,13,16,19-20H,1-4,7-8,11-12H2;1H. The van der Waals surface area contributed by atoms with Crippen molar-refractivity contribution in [1.29, 1.82) is 0 Å². The Morgan fingerprint density at radius 3 is 2.36 bits per heavy atom. The maximum absolute atomic E-state index is 12.4. The summed E-state index contributed by atoms with van der Waals surface area (Å²) in [7, 11) is -3.90. The zero-order valence-corrected chi connectivity index (χ0v) is 15.6. The van der Waals surface area contributed by atoms with E-state index in [0.717, 1.165) is 12.8 Å². The maximum atomic E-state index is 12.4. The molecular formula is C16H25ClF2N2O3S. The molecule has 1 saturated carbocycles. The van der Waals surface area contributed by atoms with Crippen molar-refractivity contribution in [1.82, 2.24) is 10.0 Å². The Balaban J connectivity index is 0.00000312. The summed E-state index contributed by atoms with van der Waals surface area (Å²) in [5.74, 6) is -0.350. The molecular weight excluding hydrogens is 374 g/mol. The Hall–Kier alpha value is -0.960. The Kier molecular flexibility index (Phi) is 9.63. The molecule has 1 aromatic carbocycles. The zero-order chi connectivity index (χ0) is 17.4. The first-order valence-electron chi connectivity index (χ1n) is 8.26. The molecule has 1 fully saturated rings. The quantitative estimate of drug-likeness (QED) is 0.520. The number of nitrogens with one attached hydrogen (secondary N) is 2. The minimum atomic E-state index is -3.90. The van der Waals surface area contributed by atoms with Gasteiger partial charge in [-0.1, -0.05) is 37.8 Å². The van der Waals surface area contributed by atoms with E-state index >= 15 is 0 Å². The zero-order valence-electron chi connectivity index (χ0n) is 13.9. The molecule has 1 aliphatic rings. The van der Waals surface area contributed by atoms with Gasteiger partial charge in [0.05, 0.1) is 0 Å². The van der Waals surface area contributed by atoms with E-state index in [2.05, 4.69) is 14.8 Å². The summed E-state index contributed by atoms with van der Waals surface area (Å²) in [6.45, 7) is -2.37. The number of para-hydroxylation sites is 1. The van der Waals surface area contributed by atoms with E-state index < -0.39 is 16.6 Å². The van der Waals surface area contributed by atoms with E-state index in [4.69, 9.17) is 0 Å². The van der Waals surface area contributed by atoms with Crippen molar-refractivity contribution in [2.24, 2.45) is 0 Å². The first kappa shape index (κ1) is 22.1. The van der Waals surface area contributed by atoms with Crippen molar-refractivity contribution in [2.45, 2.75) is 56.1 Å². The molecule has 0 spiro atoms. The van der Waals surface area contributed by atoms with Crippen LogP contribution in [0.1, 0.15) is 38.5 Å². The molecule has 0 aliphatic heterocycles. The van der Waals surface area contributed by atoms with Gasteiger partial charge in [0.1, 0.15) is 10.6 Å². The SMILES string of the molecule is Cl.O=S(=O)(NCCNC1CCCCCC1)c1ccccc1OC(F)F. The van der Waals surface area contributed by atoms with Gasteiger partial charge in [0.2, 0.25) is 10.0 Å². The fraction of sp³-hybridized carbons (Fsp3) is 0.625. The Morgan fingerprint density at radius 2 is 1.72 bits per heavy atom. The molecule has 5 nitrogen and oxygen atoms in total. The van der Waals surface area contributed by atoms with Crippen LogP contribution in [0.2, 0.25) is 0 Å². The van der Waals surface area contributed by atoms with Gasteiger partial charge in [0.15, 0.2) is 0 Å². The third-order valence-corrected chi connectivity index (χ3v) is 5.56. The molecule has 0 amide bonds. The molecule has 25 heavy (non-hydrogen) atoms. The second-order valence-electron chi connectivity index (χ2n) is 5.87. The highest BCUT2D eigenvalue weighted by atomic mass is 35.5. The largest absolute Gasteiger partial charge is 0.433 e. The van der Waals surface area contributed by atoms with Crippen LogP contribution < -0.4 is 14.8 Å². The van der Waals surface area contributed by atoms with Crippen LogP contribution in [0, 0.1) is 0 Å². The molecule has 2 N–H and O–H groups in total. The number of benzene rings is 1. The van der Waals surface area contributed by atoms with Crippen molar-refractivity contribution < 1.29 is 21.9 Å². The molecule has 0 radical (unpaired) electrons. The van der Waals surface area contributed by atoms with Gasteiger partial charge in [-0.3, -0.25) is 0 Å². The van der Waals surface area contributed by atoms with Crippen LogP contribution in [0.4, 0.5) is 8.78 Å². The summed E-state index contributed by atoms with van der Waals surface area (Å²) in [5, 5.41) is 3.35. The van der Waals surface area contributed by atoms with Gasteiger partial charge in [-0.05, 0) is 25.0 Å². The summed E-state index contributed by atoms with van der Waals surface area (Å²) in [6, 6.07) is 5.80. The molecule has 0 aromatic heterocycles. The van der Waals surface area contributed by atoms with Crippen molar-refractivity contribution in [3.63, 3.8) is 0 Å². The fourth-order valence-corrected chi connectivity index (χ4v) is 4.05. The molecule has 0 heterocycles. The Labute approximate surface area is 154 Å². The van der Waals surface area contributed by atoms with Crippen LogP contribution in [-0.2, 0) is 10.0 Å². The molecule has 0 saturated heterocycles. The second kappa shape index (κ2) is 10.9. The van der Waals surface area contributed by atoms with Crippen LogP contribution in [0.25, 0.3) is 0 Å². The number of hydrogen-bond acceptors (Lipinski definition) is 4. The van der Waals surface area contributed by atoms with Crippen LogP contribution in [0.3, 0.4) is 0 Å².